The standard InChI is InChI=1S/C24H23Cl3N2O3/c1-22(2)23(3)8-9-24(22,21(31)28-16-11-14(25)10-15(26)12-16)13-19(23)29-32-20(30)17-6-4-5-7-18(17)27/h4-7,10-12H,8-9,13H2,1-3H3,(H,28,31). The van der Waals surface area contributed by atoms with Crippen LogP contribution in [0, 0.1) is 16.2 Å². The second kappa shape index (κ2) is 8.05. The maximum absolute atomic E-state index is 13.5. The molecular weight excluding hydrogens is 471 g/mol. The zero-order valence-electron chi connectivity index (χ0n) is 18.0. The Labute approximate surface area is 202 Å². The molecular formula is C24H23Cl3N2O3. The number of amides is 1. The van der Waals surface area contributed by atoms with Crippen LogP contribution in [0.3, 0.4) is 0 Å². The monoisotopic (exact) mass is 492 g/mol. The van der Waals surface area contributed by atoms with Crippen molar-refractivity contribution in [2.45, 2.75) is 40.0 Å². The van der Waals surface area contributed by atoms with Gasteiger partial charge in [-0.2, -0.15) is 0 Å². The fraction of sp³-hybridized carbons (Fsp3) is 0.375. The molecule has 2 atom stereocenters. The van der Waals surface area contributed by atoms with Crippen molar-refractivity contribution in [2.75, 3.05) is 5.32 Å². The molecule has 1 amide bonds. The highest BCUT2D eigenvalue weighted by Gasteiger charge is 2.71. The Balaban J connectivity index is 1.61. The molecule has 5 nitrogen and oxygen atoms in total. The van der Waals surface area contributed by atoms with Crippen LogP contribution in [-0.2, 0) is 9.63 Å². The Morgan fingerprint density at radius 2 is 1.66 bits per heavy atom. The Bertz CT molecular complexity index is 1130. The van der Waals surface area contributed by atoms with Crippen LogP contribution in [0.1, 0.15) is 50.4 Å². The summed E-state index contributed by atoms with van der Waals surface area (Å²) in [6.45, 7) is 6.22. The van der Waals surface area contributed by atoms with Gasteiger partial charge in [0.25, 0.3) is 0 Å². The number of benzene rings is 2. The Kier molecular flexibility index (Phi) is 5.81. The molecule has 0 aliphatic heterocycles. The summed E-state index contributed by atoms with van der Waals surface area (Å²) >= 11 is 18.3. The third kappa shape index (κ3) is 3.51. The van der Waals surface area contributed by atoms with Gasteiger partial charge in [-0.15, -0.1) is 0 Å². The average molecular weight is 494 g/mol. The molecule has 0 heterocycles. The average Bonchev–Trinajstić information content (AvgIpc) is 3.02. The number of hydrogen-bond donors (Lipinski definition) is 1. The number of nitrogens with zero attached hydrogens (tertiary/aromatic N) is 1. The second-order valence-corrected chi connectivity index (χ2v) is 10.5. The van der Waals surface area contributed by atoms with E-state index >= 15 is 0 Å². The summed E-state index contributed by atoms with van der Waals surface area (Å²) in [5.41, 5.74) is -0.0163. The predicted octanol–water partition coefficient (Wildman–Crippen LogP) is 7.01. The third-order valence-electron chi connectivity index (χ3n) is 7.62. The lowest BCUT2D eigenvalue weighted by Crippen LogP contribution is -2.43. The lowest BCUT2D eigenvalue weighted by atomic mass is 9.64. The van der Waals surface area contributed by atoms with Crippen molar-refractivity contribution in [3.05, 3.63) is 63.1 Å². The number of nitrogens with one attached hydrogen (secondary N) is 1. The molecule has 2 aromatic rings. The fourth-order valence-corrected chi connectivity index (χ4v) is 5.91. The van der Waals surface area contributed by atoms with E-state index < -0.39 is 22.2 Å². The minimum Gasteiger partial charge on any atom is -0.325 e. The number of carbonyl (C=O) groups excluding carboxylic acids is 2. The van der Waals surface area contributed by atoms with Gasteiger partial charge in [-0.3, -0.25) is 4.79 Å². The van der Waals surface area contributed by atoms with Gasteiger partial charge >= 0.3 is 5.97 Å². The van der Waals surface area contributed by atoms with Crippen molar-refractivity contribution in [1.29, 1.82) is 0 Å². The maximum atomic E-state index is 13.5. The van der Waals surface area contributed by atoms with Crippen molar-refractivity contribution in [2.24, 2.45) is 21.4 Å². The highest BCUT2D eigenvalue weighted by atomic mass is 35.5. The van der Waals surface area contributed by atoms with Crippen LogP contribution in [-0.4, -0.2) is 17.6 Å². The zero-order chi connectivity index (χ0) is 23.3. The van der Waals surface area contributed by atoms with Crippen molar-refractivity contribution < 1.29 is 14.4 Å². The van der Waals surface area contributed by atoms with E-state index in [2.05, 4.69) is 31.2 Å². The van der Waals surface area contributed by atoms with Gasteiger partial charge < -0.3 is 10.2 Å². The first-order valence-electron chi connectivity index (χ1n) is 10.3. The van der Waals surface area contributed by atoms with Gasteiger partial charge in [-0.1, -0.05) is 72.9 Å². The van der Waals surface area contributed by atoms with E-state index in [1.807, 2.05) is 0 Å². The first-order chi connectivity index (χ1) is 15.0. The van der Waals surface area contributed by atoms with Crippen LogP contribution in [0.4, 0.5) is 5.69 Å². The summed E-state index contributed by atoms with van der Waals surface area (Å²) in [6, 6.07) is 11.6. The van der Waals surface area contributed by atoms with E-state index in [4.69, 9.17) is 39.6 Å². The molecule has 8 heteroatoms. The summed E-state index contributed by atoms with van der Waals surface area (Å²) in [4.78, 5) is 31.3. The minimum absolute atomic E-state index is 0.118. The number of oxime groups is 1. The summed E-state index contributed by atoms with van der Waals surface area (Å²) in [6.07, 6.45) is 1.85. The third-order valence-corrected chi connectivity index (χ3v) is 8.39. The van der Waals surface area contributed by atoms with Crippen molar-refractivity contribution in [3.63, 3.8) is 0 Å². The molecule has 0 spiro atoms. The number of anilines is 1. The molecule has 2 saturated carbocycles. The summed E-state index contributed by atoms with van der Waals surface area (Å²) < 4.78 is 0. The lowest BCUT2D eigenvalue weighted by molar-refractivity contribution is -0.130. The zero-order valence-corrected chi connectivity index (χ0v) is 20.2. The van der Waals surface area contributed by atoms with Gasteiger partial charge in [0.15, 0.2) is 0 Å². The molecule has 2 bridgehead atoms. The van der Waals surface area contributed by atoms with Crippen LogP contribution in [0.5, 0.6) is 0 Å². The summed E-state index contributed by atoms with van der Waals surface area (Å²) in [5, 5.41) is 8.42. The van der Waals surface area contributed by atoms with Crippen molar-refractivity contribution in [1.82, 2.24) is 0 Å². The number of rotatable bonds is 4. The van der Waals surface area contributed by atoms with Crippen LogP contribution in [0.2, 0.25) is 15.1 Å². The maximum Gasteiger partial charge on any atom is 0.367 e. The molecule has 4 rings (SSSR count). The van der Waals surface area contributed by atoms with E-state index in [9.17, 15) is 9.59 Å². The fourth-order valence-electron chi connectivity index (χ4n) is 5.17. The SMILES string of the molecule is CC12CCC(C(=O)Nc3cc(Cl)cc(Cl)c3)(CC1=NOC(=O)c1ccccc1Cl)C2(C)C. The molecule has 0 aromatic heterocycles. The predicted molar refractivity (Wildman–Crippen MR) is 128 cm³/mol. The second-order valence-electron chi connectivity index (χ2n) is 9.22. The summed E-state index contributed by atoms with van der Waals surface area (Å²) in [7, 11) is 0. The Morgan fingerprint density at radius 3 is 2.31 bits per heavy atom. The van der Waals surface area contributed by atoms with E-state index in [0.717, 1.165) is 6.42 Å². The van der Waals surface area contributed by atoms with Crippen LogP contribution in [0.15, 0.2) is 47.6 Å². The van der Waals surface area contributed by atoms with E-state index in [-0.39, 0.29) is 11.5 Å². The van der Waals surface area contributed by atoms with Gasteiger partial charge in [0.1, 0.15) is 0 Å². The Hall–Kier alpha value is -2.08. The molecule has 2 unspecified atom stereocenters. The molecule has 2 fully saturated rings. The smallest absolute Gasteiger partial charge is 0.325 e. The quantitative estimate of drug-likeness (QED) is 0.368. The van der Waals surface area contributed by atoms with Gasteiger partial charge in [-0.25, -0.2) is 4.79 Å². The van der Waals surface area contributed by atoms with Crippen molar-refractivity contribution >= 4 is 58.1 Å². The van der Waals surface area contributed by atoms with E-state index in [1.54, 1.807) is 42.5 Å². The lowest BCUT2D eigenvalue weighted by Gasteiger charge is -2.39. The molecule has 32 heavy (non-hydrogen) atoms. The molecule has 2 aliphatic rings. The van der Waals surface area contributed by atoms with Gasteiger partial charge in [0.2, 0.25) is 5.91 Å². The van der Waals surface area contributed by atoms with Gasteiger partial charge in [-0.05, 0) is 48.6 Å². The summed E-state index contributed by atoms with van der Waals surface area (Å²) in [5.74, 6) is -0.744. The number of carbonyl (C=O) groups is 2. The molecule has 2 aromatic carbocycles. The molecule has 2 aliphatic carbocycles. The number of fused-ring (bicyclic) bond motifs is 2. The van der Waals surface area contributed by atoms with Gasteiger partial charge in [0.05, 0.1) is 21.7 Å². The van der Waals surface area contributed by atoms with E-state index in [0.29, 0.717) is 39.3 Å². The number of hydrogen-bond acceptors (Lipinski definition) is 4. The molecule has 168 valence electrons. The Morgan fingerprint density at radius 1 is 1.00 bits per heavy atom. The minimum atomic E-state index is -0.702. The highest BCUT2D eigenvalue weighted by Crippen LogP contribution is 2.71. The first kappa shape index (κ1) is 23.1. The topological polar surface area (TPSA) is 67.8 Å². The van der Waals surface area contributed by atoms with E-state index in [1.165, 1.54) is 0 Å². The van der Waals surface area contributed by atoms with Crippen LogP contribution < -0.4 is 5.32 Å². The van der Waals surface area contributed by atoms with Crippen LogP contribution in [0.25, 0.3) is 0 Å². The normalized spacial score (nSPS) is 26.9. The molecule has 0 saturated heterocycles. The number of halogens is 3. The molecule has 0 radical (unpaired) electrons. The van der Waals surface area contributed by atoms with Gasteiger partial charge in [0, 0.05) is 27.6 Å². The largest absolute Gasteiger partial charge is 0.367 e. The first-order valence-corrected chi connectivity index (χ1v) is 11.4. The van der Waals surface area contributed by atoms with Crippen molar-refractivity contribution in [3.8, 4) is 0 Å². The van der Waals surface area contributed by atoms with Crippen LogP contribution >= 0.6 is 34.8 Å². The molecule has 1 N–H and O–H groups in total. The highest BCUT2D eigenvalue weighted by molar-refractivity contribution is 6.35.